The maximum Gasteiger partial charge on any atom is 0.257 e. The molecule has 0 unspecified atom stereocenters. The molecule has 132 valence electrons. The summed E-state index contributed by atoms with van der Waals surface area (Å²) < 4.78 is 0. The molecule has 2 aromatic heterocycles. The molecule has 2 N–H and O–H groups in total. The van der Waals surface area contributed by atoms with E-state index in [0.717, 1.165) is 23.4 Å². The molecule has 5 nitrogen and oxygen atoms in total. The fourth-order valence-corrected chi connectivity index (χ4v) is 4.12. The molecule has 2 amide bonds. The molecule has 1 aliphatic carbocycles. The summed E-state index contributed by atoms with van der Waals surface area (Å²) in [7, 11) is 0. The second kappa shape index (κ2) is 7.01. The van der Waals surface area contributed by atoms with Gasteiger partial charge in [0.05, 0.1) is 10.6 Å². The summed E-state index contributed by atoms with van der Waals surface area (Å²) in [6.45, 7) is 2.05. The lowest BCUT2D eigenvalue weighted by Crippen LogP contribution is -2.15. The minimum atomic E-state index is -0.240. The van der Waals surface area contributed by atoms with Crippen LogP contribution in [0.25, 0.3) is 10.6 Å². The van der Waals surface area contributed by atoms with E-state index < -0.39 is 0 Å². The largest absolute Gasteiger partial charge is 0.326 e. The quantitative estimate of drug-likeness (QED) is 0.666. The number of aryl methyl sites for hydroxylation is 1. The van der Waals surface area contributed by atoms with Gasteiger partial charge in [0.25, 0.3) is 5.91 Å². The standard InChI is InChI=1S/C19H17N3O2S2/c1-11-5-8-16(26-11)15-10-25-19(21-15)22-18(24)13-3-2-4-14(9-13)20-17(23)12-6-7-12/h2-5,8-10,12H,6-7H2,1H3,(H,20,23)(H,21,22,24). The average Bonchev–Trinajstić information content (AvgIpc) is 3.24. The van der Waals surface area contributed by atoms with Crippen molar-refractivity contribution in [3.63, 3.8) is 0 Å². The first-order valence-electron chi connectivity index (χ1n) is 8.33. The van der Waals surface area contributed by atoms with Crippen LogP contribution in [0.1, 0.15) is 28.1 Å². The number of benzene rings is 1. The Morgan fingerprint density at radius 2 is 2.00 bits per heavy atom. The van der Waals surface area contributed by atoms with Gasteiger partial charge in [0.2, 0.25) is 5.91 Å². The molecule has 0 bridgehead atoms. The number of thiophene rings is 1. The van der Waals surface area contributed by atoms with Gasteiger partial charge in [-0.1, -0.05) is 6.07 Å². The highest BCUT2D eigenvalue weighted by Crippen LogP contribution is 2.31. The molecule has 7 heteroatoms. The summed E-state index contributed by atoms with van der Waals surface area (Å²) in [5.41, 5.74) is 2.00. The molecule has 0 aliphatic heterocycles. The third-order valence-electron chi connectivity index (χ3n) is 4.06. The molecule has 1 aromatic carbocycles. The van der Waals surface area contributed by atoms with E-state index in [0.29, 0.717) is 16.4 Å². The topological polar surface area (TPSA) is 71.1 Å². The zero-order valence-electron chi connectivity index (χ0n) is 14.1. The molecule has 0 atom stereocenters. The van der Waals surface area contributed by atoms with E-state index >= 15 is 0 Å². The predicted octanol–water partition coefficient (Wildman–Crippen LogP) is 4.78. The number of hydrogen-bond acceptors (Lipinski definition) is 5. The Morgan fingerprint density at radius 3 is 2.73 bits per heavy atom. The Bertz CT molecular complexity index is 973. The van der Waals surface area contributed by atoms with E-state index in [9.17, 15) is 9.59 Å². The number of thiazole rings is 1. The van der Waals surface area contributed by atoms with E-state index in [1.165, 1.54) is 16.2 Å². The monoisotopic (exact) mass is 383 g/mol. The number of carbonyl (C=O) groups is 2. The number of nitrogens with one attached hydrogen (secondary N) is 2. The summed E-state index contributed by atoms with van der Waals surface area (Å²) >= 11 is 3.07. The first kappa shape index (κ1) is 16.9. The highest BCUT2D eigenvalue weighted by atomic mass is 32.1. The van der Waals surface area contributed by atoms with Gasteiger partial charge in [-0.25, -0.2) is 4.98 Å². The van der Waals surface area contributed by atoms with E-state index in [1.54, 1.807) is 35.6 Å². The van der Waals surface area contributed by atoms with Crippen molar-refractivity contribution in [3.05, 3.63) is 52.2 Å². The summed E-state index contributed by atoms with van der Waals surface area (Å²) in [4.78, 5) is 31.2. The third-order valence-corrected chi connectivity index (χ3v) is 5.84. The lowest BCUT2D eigenvalue weighted by Gasteiger charge is -2.06. The fraction of sp³-hybridized carbons (Fsp3) is 0.211. The van der Waals surface area contributed by atoms with Gasteiger partial charge < -0.3 is 5.32 Å². The van der Waals surface area contributed by atoms with Gasteiger partial charge in [-0.05, 0) is 50.1 Å². The van der Waals surface area contributed by atoms with Crippen LogP contribution in [-0.4, -0.2) is 16.8 Å². The van der Waals surface area contributed by atoms with Crippen molar-refractivity contribution in [3.8, 4) is 10.6 Å². The molecule has 0 spiro atoms. The molecule has 1 fully saturated rings. The average molecular weight is 383 g/mol. The molecular weight excluding hydrogens is 366 g/mol. The van der Waals surface area contributed by atoms with Gasteiger partial charge in [-0.3, -0.25) is 14.9 Å². The molecular formula is C19H17N3O2S2. The summed E-state index contributed by atoms with van der Waals surface area (Å²) in [6.07, 6.45) is 1.89. The Balaban J connectivity index is 1.44. The van der Waals surface area contributed by atoms with Crippen molar-refractivity contribution < 1.29 is 9.59 Å². The van der Waals surface area contributed by atoms with E-state index in [1.807, 2.05) is 11.4 Å². The molecule has 1 saturated carbocycles. The minimum absolute atomic E-state index is 0.0263. The number of anilines is 2. The van der Waals surface area contributed by atoms with Gasteiger partial charge in [-0.15, -0.1) is 22.7 Å². The van der Waals surface area contributed by atoms with Crippen LogP contribution in [-0.2, 0) is 4.79 Å². The Morgan fingerprint density at radius 1 is 1.15 bits per heavy atom. The Kier molecular flexibility index (Phi) is 4.57. The van der Waals surface area contributed by atoms with Crippen LogP contribution in [0.4, 0.5) is 10.8 Å². The van der Waals surface area contributed by atoms with Crippen molar-refractivity contribution in [1.82, 2.24) is 4.98 Å². The Labute approximate surface area is 159 Å². The van der Waals surface area contributed by atoms with Gasteiger partial charge in [0, 0.05) is 27.4 Å². The van der Waals surface area contributed by atoms with Crippen molar-refractivity contribution in [2.24, 2.45) is 5.92 Å². The van der Waals surface area contributed by atoms with Crippen molar-refractivity contribution in [2.75, 3.05) is 10.6 Å². The van der Waals surface area contributed by atoms with Crippen LogP contribution in [0, 0.1) is 12.8 Å². The second-order valence-corrected chi connectivity index (χ2v) is 8.39. The molecule has 1 aliphatic rings. The molecule has 2 heterocycles. The van der Waals surface area contributed by atoms with Crippen LogP contribution in [0.5, 0.6) is 0 Å². The molecule has 0 saturated heterocycles. The van der Waals surface area contributed by atoms with E-state index in [2.05, 4.69) is 28.6 Å². The normalized spacial score (nSPS) is 13.4. The maximum absolute atomic E-state index is 12.5. The summed E-state index contributed by atoms with van der Waals surface area (Å²) in [5.74, 6) is -0.0868. The maximum atomic E-state index is 12.5. The number of aromatic nitrogens is 1. The number of nitrogens with zero attached hydrogens (tertiary/aromatic N) is 1. The zero-order valence-corrected chi connectivity index (χ0v) is 15.7. The van der Waals surface area contributed by atoms with Crippen LogP contribution in [0.15, 0.2) is 41.8 Å². The van der Waals surface area contributed by atoms with Crippen molar-refractivity contribution in [2.45, 2.75) is 19.8 Å². The van der Waals surface area contributed by atoms with Gasteiger partial charge in [0.1, 0.15) is 0 Å². The lowest BCUT2D eigenvalue weighted by molar-refractivity contribution is -0.117. The number of hydrogen-bond donors (Lipinski definition) is 2. The van der Waals surface area contributed by atoms with Gasteiger partial charge in [-0.2, -0.15) is 0 Å². The van der Waals surface area contributed by atoms with Gasteiger partial charge in [0.15, 0.2) is 5.13 Å². The Hall–Kier alpha value is -2.51. The van der Waals surface area contributed by atoms with Crippen LogP contribution in [0.2, 0.25) is 0 Å². The first-order chi connectivity index (χ1) is 12.6. The van der Waals surface area contributed by atoms with Crippen molar-refractivity contribution in [1.29, 1.82) is 0 Å². The summed E-state index contributed by atoms with van der Waals surface area (Å²) in [5, 5.41) is 8.19. The SMILES string of the molecule is Cc1ccc(-c2csc(NC(=O)c3cccc(NC(=O)C4CC4)c3)n2)s1. The molecule has 26 heavy (non-hydrogen) atoms. The highest BCUT2D eigenvalue weighted by molar-refractivity contribution is 7.17. The van der Waals surface area contributed by atoms with E-state index in [-0.39, 0.29) is 17.7 Å². The first-order valence-corrected chi connectivity index (χ1v) is 10.0. The minimum Gasteiger partial charge on any atom is -0.326 e. The van der Waals surface area contributed by atoms with E-state index in [4.69, 9.17) is 0 Å². The number of amides is 2. The molecule has 3 aromatic rings. The number of carbonyl (C=O) groups excluding carboxylic acids is 2. The molecule has 4 rings (SSSR count). The van der Waals surface area contributed by atoms with Crippen LogP contribution >= 0.6 is 22.7 Å². The van der Waals surface area contributed by atoms with Gasteiger partial charge >= 0.3 is 0 Å². The molecule has 0 radical (unpaired) electrons. The second-order valence-electron chi connectivity index (χ2n) is 6.25. The summed E-state index contributed by atoms with van der Waals surface area (Å²) in [6, 6.07) is 11.1. The van der Waals surface area contributed by atoms with Crippen molar-refractivity contribution >= 4 is 45.3 Å². The fourth-order valence-electron chi connectivity index (χ4n) is 2.51. The zero-order chi connectivity index (χ0) is 18.1. The highest BCUT2D eigenvalue weighted by Gasteiger charge is 2.29. The smallest absolute Gasteiger partial charge is 0.257 e. The van der Waals surface area contributed by atoms with Crippen LogP contribution < -0.4 is 10.6 Å². The number of rotatable bonds is 5. The third kappa shape index (κ3) is 3.84. The lowest BCUT2D eigenvalue weighted by atomic mass is 10.2. The predicted molar refractivity (Wildman–Crippen MR) is 106 cm³/mol. The van der Waals surface area contributed by atoms with Crippen LogP contribution in [0.3, 0.4) is 0 Å².